The predicted molar refractivity (Wildman–Crippen MR) is 89.2 cm³/mol. The molecule has 0 saturated heterocycles. The molecule has 3 aromatic rings. The Bertz CT molecular complexity index is 790. The van der Waals surface area contributed by atoms with E-state index in [0.717, 1.165) is 11.1 Å². The summed E-state index contributed by atoms with van der Waals surface area (Å²) in [4.78, 5) is 0. The van der Waals surface area contributed by atoms with Gasteiger partial charge in [0.15, 0.2) is 11.5 Å². The highest BCUT2D eigenvalue weighted by molar-refractivity contribution is 5.81. The van der Waals surface area contributed by atoms with Crippen molar-refractivity contribution < 1.29 is 9.47 Å². The Morgan fingerprint density at radius 1 is 1.17 bits per heavy atom. The number of hydrogen-bond donors (Lipinski definition) is 2. The van der Waals surface area contributed by atoms with Crippen molar-refractivity contribution in [3.8, 4) is 11.5 Å². The van der Waals surface area contributed by atoms with Crippen LogP contribution < -0.4 is 14.9 Å². The molecular weight excluding hydrogens is 308 g/mol. The molecule has 1 heterocycles. The Morgan fingerprint density at radius 3 is 2.79 bits per heavy atom. The number of hydrogen-bond acceptors (Lipinski definition) is 7. The molecule has 0 bridgehead atoms. The summed E-state index contributed by atoms with van der Waals surface area (Å²) >= 11 is 0. The van der Waals surface area contributed by atoms with E-state index < -0.39 is 0 Å². The van der Waals surface area contributed by atoms with Crippen LogP contribution in [0.15, 0.2) is 53.6 Å². The maximum atomic E-state index is 5.81. The fourth-order valence-electron chi connectivity index (χ4n) is 1.99. The highest BCUT2D eigenvalue weighted by Crippen LogP contribution is 2.28. The number of hydrazone groups is 1. The molecule has 3 rings (SSSR count). The maximum absolute atomic E-state index is 5.81. The fourth-order valence-corrected chi connectivity index (χ4v) is 1.99. The summed E-state index contributed by atoms with van der Waals surface area (Å²) in [6.45, 7) is 0.476. The van der Waals surface area contributed by atoms with Gasteiger partial charge in [-0.05, 0) is 34.5 Å². The summed E-state index contributed by atoms with van der Waals surface area (Å²) < 4.78 is 11.2. The molecule has 0 atom stereocenters. The van der Waals surface area contributed by atoms with E-state index in [4.69, 9.17) is 9.47 Å². The SMILES string of the molecule is COc1cc(C=NNc2nn[nH]n2)ccc1OCc1ccccc1. The molecule has 0 unspecified atom stereocenters. The summed E-state index contributed by atoms with van der Waals surface area (Å²) in [5.74, 6) is 1.60. The molecule has 8 nitrogen and oxygen atoms in total. The van der Waals surface area contributed by atoms with E-state index in [-0.39, 0.29) is 0 Å². The van der Waals surface area contributed by atoms with Gasteiger partial charge >= 0.3 is 0 Å². The van der Waals surface area contributed by atoms with E-state index in [9.17, 15) is 0 Å². The minimum absolute atomic E-state index is 0.293. The van der Waals surface area contributed by atoms with E-state index in [1.165, 1.54) is 0 Å². The average molecular weight is 324 g/mol. The first-order valence-corrected chi connectivity index (χ1v) is 7.22. The lowest BCUT2D eigenvalue weighted by Crippen LogP contribution is -1.98. The Kier molecular flexibility index (Phi) is 4.98. The normalized spacial score (nSPS) is 10.7. The van der Waals surface area contributed by atoms with Gasteiger partial charge in [-0.2, -0.15) is 10.3 Å². The number of anilines is 1. The number of nitrogens with zero attached hydrogens (tertiary/aromatic N) is 4. The zero-order valence-corrected chi connectivity index (χ0v) is 13.0. The van der Waals surface area contributed by atoms with Crippen LogP contribution in [0.5, 0.6) is 11.5 Å². The molecule has 8 heteroatoms. The monoisotopic (exact) mass is 324 g/mol. The van der Waals surface area contributed by atoms with Gasteiger partial charge in [0.2, 0.25) is 0 Å². The number of tetrazole rings is 1. The number of nitrogens with one attached hydrogen (secondary N) is 2. The molecule has 24 heavy (non-hydrogen) atoms. The molecule has 0 fully saturated rings. The Morgan fingerprint density at radius 2 is 2.04 bits per heavy atom. The standard InChI is InChI=1S/C16H16N6O2/c1-23-15-9-13(10-17-18-16-19-21-22-20-16)7-8-14(15)24-11-12-5-3-2-4-6-12/h2-10H,11H2,1H3,(H2,18,19,20,21,22). The van der Waals surface area contributed by atoms with Crippen molar-refractivity contribution in [2.45, 2.75) is 6.61 Å². The first kappa shape index (κ1) is 15.5. The zero-order chi connectivity index (χ0) is 16.6. The molecule has 122 valence electrons. The lowest BCUT2D eigenvalue weighted by Gasteiger charge is -2.11. The smallest absolute Gasteiger partial charge is 0.283 e. The van der Waals surface area contributed by atoms with Gasteiger partial charge in [-0.3, -0.25) is 0 Å². The molecule has 2 N–H and O–H groups in total. The third-order valence-corrected chi connectivity index (χ3v) is 3.15. The van der Waals surface area contributed by atoms with Gasteiger partial charge in [0.25, 0.3) is 5.95 Å². The minimum atomic E-state index is 0.293. The lowest BCUT2D eigenvalue weighted by atomic mass is 10.2. The number of rotatable bonds is 7. The Hall–Kier alpha value is -3.42. The van der Waals surface area contributed by atoms with Crippen LogP contribution in [-0.2, 0) is 6.61 Å². The van der Waals surface area contributed by atoms with Gasteiger partial charge in [0.1, 0.15) is 6.61 Å². The van der Waals surface area contributed by atoms with Crippen molar-refractivity contribution in [3.05, 3.63) is 59.7 Å². The second kappa shape index (κ2) is 7.73. The van der Waals surface area contributed by atoms with Gasteiger partial charge in [0.05, 0.1) is 13.3 Å². The molecule has 0 aliphatic rings. The molecule has 1 aromatic heterocycles. The van der Waals surface area contributed by atoms with Gasteiger partial charge < -0.3 is 9.47 Å². The fraction of sp³-hybridized carbons (Fsp3) is 0.125. The maximum Gasteiger partial charge on any atom is 0.283 e. The lowest BCUT2D eigenvalue weighted by molar-refractivity contribution is 0.284. The van der Waals surface area contributed by atoms with Crippen molar-refractivity contribution in [1.29, 1.82) is 0 Å². The Labute approximate surface area is 138 Å². The molecule has 0 radical (unpaired) electrons. The number of H-pyrrole nitrogens is 1. The highest BCUT2D eigenvalue weighted by atomic mass is 16.5. The molecule has 0 aliphatic carbocycles. The average Bonchev–Trinajstić information content (AvgIpc) is 3.15. The molecular formula is C16H16N6O2. The third-order valence-electron chi connectivity index (χ3n) is 3.15. The van der Waals surface area contributed by atoms with Gasteiger partial charge in [-0.1, -0.05) is 35.4 Å². The van der Waals surface area contributed by atoms with Crippen LogP contribution >= 0.6 is 0 Å². The first-order valence-electron chi connectivity index (χ1n) is 7.22. The summed E-state index contributed by atoms with van der Waals surface area (Å²) in [7, 11) is 1.60. The molecule has 0 aliphatic heterocycles. The summed E-state index contributed by atoms with van der Waals surface area (Å²) in [6.07, 6.45) is 1.62. The van der Waals surface area contributed by atoms with E-state index in [0.29, 0.717) is 24.1 Å². The summed E-state index contributed by atoms with van der Waals surface area (Å²) in [5, 5.41) is 17.2. The number of aromatic nitrogens is 4. The van der Waals surface area contributed by atoms with Crippen molar-refractivity contribution >= 4 is 12.2 Å². The topological polar surface area (TPSA) is 97.3 Å². The molecule has 2 aromatic carbocycles. The van der Waals surface area contributed by atoms with E-state index >= 15 is 0 Å². The van der Waals surface area contributed by atoms with Crippen molar-refractivity contribution in [2.75, 3.05) is 12.5 Å². The van der Waals surface area contributed by atoms with Gasteiger partial charge in [-0.15, -0.1) is 5.10 Å². The van der Waals surface area contributed by atoms with Gasteiger partial charge in [-0.25, -0.2) is 5.43 Å². The number of ether oxygens (including phenoxy) is 2. The first-order chi connectivity index (χ1) is 11.8. The summed E-state index contributed by atoms with van der Waals surface area (Å²) in [6, 6.07) is 15.5. The molecule has 0 amide bonds. The van der Waals surface area contributed by atoms with Crippen LogP contribution in [-0.4, -0.2) is 33.9 Å². The third kappa shape index (κ3) is 4.07. The van der Waals surface area contributed by atoms with Crippen LogP contribution in [0.1, 0.15) is 11.1 Å². The van der Waals surface area contributed by atoms with Crippen molar-refractivity contribution in [3.63, 3.8) is 0 Å². The quantitative estimate of drug-likeness (QED) is 0.511. The molecule has 0 saturated carbocycles. The van der Waals surface area contributed by atoms with Crippen molar-refractivity contribution in [1.82, 2.24) is 20.6 Å². The van der Waals surface area contributed by atoms with Gasteiger partial charge in [0, 0.05) is 0 Å². The highest BCUT2D eigenvalue weighted by Gasteiger charge is 2.05. The Balaban J connectivity index is 1.65. The van der Waals surface area contributed by atoms with Crippen LogP contribution in [0, 0.1) is 0 Å². The summed E-state index contributed by atoms with van der Waals surface area (Å²) in [5.41, 5.74) is 4.59. The van der Waals surface area contributed by atoms with Crippen LogP contribution in [0.4, 0.5) is 5.95 Å². The zero-order valence-electron chi connectivity index (χ0n) is 13.0. The largest absolute Gasteiger partial charge is 0.493 e. The van der Waals surface area contributed by atoms with E-state index in [1.54, 1.807) is 13.3 Å². The van der Waals surface area contributed by atoms with Crippen molar-refractivity contribution in [2.24, 2.45) is 5.10 Å². The van der Waals surface area contributed by atoms with Crippen LogP contribution in [0.3, 0.4) is 0 Å². The predicted octanol–water partition coefficient (Wildman–Crippen LogP) is 2.23. The van der Waals surface area contributed by atoms with Crippen LogP contribution in [0.2, 0.25) is 0 Å². The second-order valence-corrected chi connectivity index (χ2v) is 4.79. The van der Waals surface area contributed by atoms with E-state index in [2.05, 4.69) is 31.2 Å². The second-order valence-electron chi connectivity index (χ2n) is 4.79. The van der Waals surface area contributed by atoms with E-state index in [1.807, 2.05) is 48.5 Å². The van der Waals surface area contributed by atoms with Crippen LogP contribution in [0.25, 0.3) is 0 Å². The number of aromatic amines is 1. The number of benzene rings is 2. The minimum Gasteiger partial charge on any atom is -0.493 e. The molecule has 0 spiro atoms. The number of methoxy groups -OCH3 is 1.